The minimum Gasteiger partial charge on any atom is -0.396 e. The van der Waals surface area contributed by atoms with E-state index in [1.165, 1.54) is 0 Å². The zero-order chi connectivity index (χ0) is 17.5. The molecule has 1 aliphatic rings. The third kappa shape index (κ3) is 5.30. The highest BCUT2D eigenvalue weighted by atomic mass is 16.5. The van der Waals surface area contributed by atoms with Gasteiger partial charge in [0.25, 0.3) is 5.91 Å². The highest BCUT2D eigenvalue weighted by Gasteiger charge is 2.30. The van der Waals surface area contributed by atoms with Crippen molar-refractivity contribution in [3.8, 4) is 0 Å². The molecular formula is C19H30N2O3. The van der Waals surface area contributed by atoms with Crippen LogP contribution in [0.3, 0.4) is 0 Å². The summed E-state index contributed by atoms with van der Waals surface area (Å²) in [7, 11) is 3.78. The number of benzene rings is 1. The number of hydrogen-bond acceptors (Lipinski definition) is 4. The van der Waals surface area contributed by atoms with Crippen molar-refractivity contribution in [3.05, 3.63) is 35.4 Å². The molecule has 134 valence electrons. The van der Waals surface area contributed by atoms with E-state index in [9.17, 15) is 9.90 Å². The molecule has 5 nitrogen and oxygen atoms in total. The molecule has 0 aliphatic carbocycles. The molecule has 0 saturated carbocycles. The average Bonchev–Trinajstić information content (AvgIpc) is 2.59. The lowest BCUT2D eigenvalue weighted by atomic mass is 9.89. The smallest absolute Gasteiger partial charge is 0.253 e. The predicted octanol–water partition coefficient (Wildman–Crippen LogP) is 1.64. The van der Waals surface area contributed by atoms with Gasteiger partial charge in [0.2, 0.25) is 0 Å². The zero-order valence-electron chi connectivity index (χ0n) is 15.1. The molecule has 1 N–H and O–H groups in total. The fourth-order valence-electron chi connectivity index (χ4n) is 3.41. The van der Waals surface area contributed by atoms with Gasteiger partial charge in [-0.1, -0.05) is 17.7 Å². The molecule has 0 unspecified atom stereocenters. The molecule has 1 aromatic carbocycles. The van der Waals surface area contributed by atoms with Gasteiger partial charge in [-0.15, -0.1) is 0 Å². The minimum absolute atomic E-state index is 0.0673. The summed E-state index contributed by atoms with van der Waals surface area (Å²) in [5.74, 6) is 0.610. The van der Waals surface area contributed by atoms with Crippen molar-refractivity contribution in [2.24, 2.45) is 11.8 Å². The Hall–Kier alpha value is -1.43. The van der Waals surface area contributed by atoms with E-state index in [0.717, 1.165) is 37.2 Å². The van der Waals surface area contributed by atoms with E-state index in [0.29, 0.717) is 19.1 Å². The number of carbonyl (C=O) groups excluding carboxylic acids is 1. The van der Waals surface area contributed by atoms with Crippen LogP contribution in [-0.2, 0) is 4.74 Å². The standard InChI is InChI=1S/C19H30N2O3/c1-15-4-6-18(7-5-15)19(23)21-12-16(10-17(13-21)14-22)11-20(2)8-9-24-3/h4-7,16-17,22H,8-14H2,1-3H3/t16-,17+/m0/s1. The zero-order valence-corrected chi connectivity index (χ0v) is 15.1. The van der Waals surface area contributed by atoms with E-state index < -0.39 is 0 Å². The molecule has 1 aliphatic heterocycles. The molecule has 5 heteroatoms. The van der Waals surface area contributed by atoms with Gasteiger partial charge in [0, 0.05) is 45.5 Å². The van der Waals surface area contributed by atoms with E-state index in [-0.39, 0.29) is 18.4 Å². The summed E-state index contributed by atoms with van der Waals surface area (Å²) in [5.41, 5.74) is 1.88. The maximum absolute atomic E-state index is 12.8. The Kier molecular flexibility index (Phi) is 7.21. The molecule has 1 aromatic rings. The van der Waals surface area contributed by atoms with E-state index in [4.69, 9.17) is 4.74 Å². The Labute approximate surface area is 145 Å². The van der Waals surface area contributed by atoms with Crippen molar-refractivity contribution in [3.63, 3.8) is 0 Å². The van der Waals surface area contributed by atoms with Crippen LogP contribution in [0.25, 0.3) is 0 Å². The molecule has 0 spiro atoms. The number of aryl methyl sites for hydroxylation is 1. The van der Waals surface area contributed by atoms with Crippen LogP contribution >= 0.6 is 0 Å². The quantitative estimate of drug-likeness (QED) is 0.824. The second-order valence-electron chi connectivity index (χ2n) is 6.98. The summed E-state index contributed by atoms with van der Waals surface area (Å²) in [6, 6.07) is 7.72. The first kappa shape index (κ1) is 18.9. The van der Waals surface area contributed by atoms with Gasteiger partial charge in [0.1, 0.15) is 0 Å². The SMILES string of the molecule is COCCN(C)C[C@@H]1C[C@@H](CO)CN(C(=O)c2ccc(C)cc2)C1. The first-order valence-electron chi connectivity index (χ1n) is 8.67. The summed E-state index contributed by atoms with van der Waals surface area (Å²) in [6.45, 7) is 6.04. The summed E-state index contributed by atoms with van der Waals surface area (Å²) in [4.78, 5) is 16.9. The summed E-state index contributed by atoms with van der Waals surface area (Å²) in [5, 5.41) is 9.62. The summed E-state index contributed by atoms with van der Waals surface area (Å²) < 4.78 is 5.12. The van der Waals surface area contributed by atoms with Crippen LogP contribution < -0.4 is 0 Å². The molecular weight excluding hydrogens is 304 g/mol. The first-order chi connectivity index (χ1) is 11.5. The third-order valence-electron chi connectivity index (χ3n) is 4.71. The van der Waals surface area contributed by atoms with Crippen LogP contribution in [0.15, 0.2) is 24.3 Å². The molecule has 1 amide bonds. The van der Waals surface area contributed by atoms with E-state index in [2.05, 4.69) is 11.9 Å². The van der Waals surface area contributed by atoms with E-state index >= 15 is 0 Å². The average molecular weight is 334 g/mol. The van der Waals surface area contributed by atoms with Crippen LogP contribution in [0.4, 0.5) is 0 Å². The van der Waals surface area contributed by atoms with Crippen molar-refractivity contribution in [2.75, 3.05) is 53.6 Å². The lowest BCUT2D eigenvalue weighted by Gasteiger charge is -2.38. The highest BCUT2D eigenvalue weighted by Crippen LogP contribution is 2.24. The van der Waals surface area contributed by atoms with Gasteiger partial charge in [0.15, 0.2) is 0 Å². The maximum Gasteiger partial charge on any atom is 0.253 e. The number of hydrogen-bond donors (Lipinski definition) is 1. The first-order valence-corrected chi connectivity index (χ1v) is 8.67. The largest absolute Gasteiger partial charge is 0.396 e. The van der Waals surface area contributed by atoms with Gasteiger partial charge in [0.05, 0.1) is 6.61 Å². The summed E-state index contributed by atoms with van der Waals surface area (Å²) >= 11 is 0. The fraction of sp³-hybridized carbons (Fsp3) is 0.632. The molecule has 1 saturated heterocycles. The second-order valence-corrected chi connectivity index (χ2v) is 6.98. The van der Waals surface area contributed by atoms with Gasteiger partial charge < -0.3 is 19.6 Å². The molecule has 1 heterocycles. The predicted molar refractivity (Wildman–Crippen MR) is 95.1 cm³/mol. The number of likely N-dealkylation sites (tertiary alicyclic amines) is 1. The summed E-state index contributed by atoms with van der Waals surface area (Å²) in [6.07, 6.45) is 0.964. The Morgan fingerprint density at radius 2 is 1.96 bits per heavy atom. The highest BCUT2D eigenvalue weighted by molar-refractivity contribution is 5.94. The number of rotatable bonds is 7. The number of carbonyl (C=O) groups is 1. The van der Waals surface area contributed by atoms with Gasteiger partial charge in [-0.3, -0.25) is 4.79 Å². The second kappa shape index (κ2) is 9.16. The third-order valence-corrected chi connectivity index (χ3v) is 4.71. The Balaban J connectivity index is 2.01. The molecule has 0 bridgehead atoms. The fourth-order valence-corrected chi connectivity index (χ4v) is 3.41. The van der Waals surface area contributed by atoms with Crippen LogP contribution in [0.5, 0.6) is 0 Å². The molecule has 2 rings (SSSR count). The maximum atomic E-state index is 12.8. The van der Waals surface area contributed by atoms with Crippen LogP contribution in [0, 0.1) is 18.8 Å². The minimum atomic E-state index is 0.0673. The van der Waals surface area contributed by atoms with Crippen molar-refractivity contribution < 1.29 is 14.6 Å². The number of aliphatic hydroxyl groups is 1. The Bertz CT molecular complexity index is 518. The number of nitrogens with zero attached hydrogens (tertiary/aromatic N) is 2. The van der Waals surface area contributed by atoms with Crippen LogP contribution in [-0.4, -0.2) is 74.4 Å². The number of ether oxygens (including phenoxy) is 1. The number of aliphatic hydroxyl groups excluding tert-OH is 1. The van der Waals surface area contributed by atoms with Crippen molar-refractivity contribution in [1.82, 2.24) is 9.80 Å². The van der Waals surface area contributed by atoms with Gasteiger partial charge in [-0.2, -0.15) is 0 Å². The van der Waals surface area contributed by atoms with Crippen LogP contribution in [0.1, 0.15) is 22.3 Å². The topological polar surface area (TPSA) is 53.0 Å². The normalized spacial score (nSPS) is 21.3. The molecule has 24 heavy (non-hydrogen) atoms. The lowest BCUT2D eigenvalue weighted by molar-refractivity contribution is 0.0451. The number of amides is 1. The monoisotopic (exact) mass is 334 g/mol. The van der Waals surface area contributed by atoms with Gasteiger partial charge >= 0.3 is 0 Å². The van der Waals surface area contributed by atoms with Crippen molar-refractivity contribution in [1.29, 1.82) is 0 Å². The van der Waals surface area contributed by atoms with E-state index in [1.54, 1.807) is 7.11 Å². The molecule has 0 aromatic heterocycles. The van der Waals surface area contributed by atoms with Gasteiger partial charge in [-0.25, -0.2) is 0 Å². The van der Waals surface area contributed by atoms with Crippen molar-refractivity contribution >= 4 is 5.91 Å². The number of piperidine rings is 1. The molecule has 0 radical (unpaired) electrons. The number of methoxy groups -OCH3 is 1. The lowest BCUT2D eigenvalue weighted by Crippen LogP contribution is -2.47. The molecule has 2 atom stereocenters. The van der Waals surface area contributed by atoms with Crippen LogP contribution in [0.2, 0.25) is 0 Å². The van der Waals surface area contributed by atoms with E-state index in [1.807, 2.05) is 36.1 Å². The number of likely N-dealkylation sites (N-methyl/N-ethyl adjacent to an activating group) is 1. The van der Waals surface area contributed by atoms with Gasteiger partial charge in [-0.05, 0) is 44.4 Å². The Morgan fingerprint density at radius 1 is 1.29 bits per heavy atom. The Morgan fingerprint density at radius 3 is 2.58 bits per heavy atom. The molecule has 1 fully saturated rings. The van der Waals surface area contributed by atoms with Crippen molar-refractivity contribution in [2.45, 2.75) is 13.3 Å².